The number of alkyl halides is 3. The summed E-state index contributed by atoms with van der Waals surface area (Å²) in [6, 6.07) is 6.57. The fourth-order valence-corrected chi connectivity index (χ4v) is 2.61. The van der Waals surface area contributed by atoms with Gasteiger partial charge in [-0.3, -0.25) is 9.59 Å². The van der Waals surface area contributed by atoms with Gasteiger partial charge in [-0.05, 0) is 12.1 Å². The van der Waals surface area contributed by atoms with Crippen molar-refractivity contribution >= 4 is 64.1 Å². The summed E-state index contributed by atoms with van der Waals surface area (Å²) in [7, 11) is 0. The summed E-state index contributed by atoms with van der Waals surface area (Å²) in [5, 5.41) is 0. The monoisotopic (exact) mass is 295 g/mol. The molecule has 0 atom stereocenters. The molecule has 0 N–H and O–H groups in total. The highest BCUT2D eigenvalue weighted by Crippen LogP contribution is 2.45. The van der Waals surface area contributed by atoms with Crippen molar-refractivity contribution in [3.63, 3.8) is 0 Å². The van der Waals surface area contributed by atoms with E-state index in [-0.39, 0.29) is 0 Å². The number of ketones is 1. The average Bonchev–Trinajstić information content (AvgIpc) is 2.43. The predicted octanol–water partition coefficient (Wildman–Crippen LogP) is 3.19. The Morgan fingerprint density at radius 1 is 1.12 bits per heavy atom. The molecule has 1 aromatic rings. The Balaban J connectivity index is 2.42. The Morgan fingerprint density at radius 2 is 1.75 bits per heavy atom. The lowest BCUT2D eigenvalue weighted by Crippen LogP contribution is -2.25. The van der Waals surface area contributed by atoms with Crippen LogP contribution < -0.4 is 4.31 Å². The van der Waals surface area contributed by atoms with Crippen LogP contribution in [-0.4, -0.2) is 14.8 Å². The first kappa shape index (κ1) is 12.0. The molecule has 0 unspecified atom stereocenters. The molecule has 0 aliphatic carbocycles. The van der Waals surface area contributed by atoms with Gasteiger partial charge in [0.05, 0.1) is 11.3 Å². The second-order valence-electron chi connectivity index (χ2n) is 2.98. The number of fused-ring (bicyclic) bond motifs is 1. The second kappa shape index (κ2) is 4.11. The van der Waals surface area contributed by atoms with E-state index in [1.54, 1.807) is 24.3 Å². The fraction of sp³-hybridized carbons (Fsp3) is 0.111. The fourth-order valence-electron chi connectivity index (χ4n) is 1.35. The normalized spacial score (nSPS) is 15.6. The van der Waals surface area contributed by atoms with Crippen LogP contribution in [-0.2, 0) is 4.79 Å². The molecule has 2 rings (SSSR count). The van der Waals surface area contributed by atoms with Crippen LogP contribution in [0.4, 0.5) is 5.69 Å². The number of hydrogen-bond acceptors (Lipinski definition) is 3. The van der Waals surface area contributed by atoms with E-state index in [1.807, 2.05) is 0 Å². The number of halogens is 3. The molecule has 0 spiro atoms. The Hall–Kier alpha value is -0.420. The van der Waals surface area contributed by atoms with Crippen LogP contribution in [0.2, 0.25) is 0 Å². The first-order valence-electron chi connectivity index (χ1n) is 4.14. The van der Waals surface area contributed by atoms with E-state index in [2.05, 4.69) is 0 Å². The molecule has 0 saturated heterocycles. The number of benzene rings is 1. The van der Waals surface area contributed by atoms with Crippen molar-refractivity contribution in [2.75, 3.05) is 4.31 Å². The lowest BCUT2D eigenvalue weighted by molar-refractivity contribution is -0.113. The summed E-state index contributed by atoms with van der Waals surface area (Å²) >= 11 is 17.4. The molecule has 0 fully saturated rings. The molecule has 1 aromatic carbocycles. The number of anilines is 1. The summed E-state index contributed by atoms with van der Waals surface area (Å²) in [6.45, 7) is 0. The SMILES string of the molecule is O=C1C(=O)N(SC(Cl)(Cl)Cl)c2ccccc21. The molecule has 84 valence electrons. The van der Waals surface area contributed by atoms with E-state index >= 15 is 0 Å². The summed E-state index contributed by atoms with van der Waals surface area (Å²) in [6.07, 6.45) is 0. The molecule has 3 nitrogen and oxygen atoms in total. The number of amides is 1. The number of carbonyl (C=O) groups is 2. The molecule has 0 aromatic heterocycles. The average molecular weight is 297 g/mol. The van der Waals surface area contributed by atoms with E-state index in [9.17, 15) is 9.59 Å². The first-order valence-corrected chi connectivity index (χ1v) is 6.04. The van der Waals surface area contributed by atoms with Gasteiger partial charge in [-0.15, -0.1) is 0 Å². The third kappa shape index (κ3) is 2.15. The molecule has 0 radical (unpaired) electrons. The molecule has 1 heterocycles. The second-order valence-corrected chi connectivity index (χ2v) is 7.10. The van der Waals surface area contributed by atoms with Crippen LogP contribution in [0.15, 0.2) is 24.3 Å². The van der Waals surface area contributed by atoms with Crippen molar-refractivity contribution in [2.45, 2.75) is 3.12 Å². The van der Waals surface area contributed by atoms with E-state index < -0.39 is 14.8 Å². The van der Waals surface area contributed by atoms with Gasteiger partial charge in [0.15, 0.2) is 0 Å². The number of nitrogens with zero attached hydrogens (tertiary/aromatic N) is 1. The van der Waals surface area contributed by atoms with Crippen molar-refractivity contribution < 1.29 is 9.59 Å². The highest BCUT2D eigenvalue weighted by atomic mass is 35.6. The molecule has 7 heteroatoms. The van der Waals surface area contributed by atoms with Gasteiger partial charge in [0.1, 0.15) is 0 Å². The quantitative estimate of drug-likeness (QED) is 0.454. The van der Waals surface area contributed by atoms with Gasteiger partial charge in [0.25, 0.3) is 8.91 Å². The Bertz CT molecular complexity index is 472. The molecule has 16 heavy (non-hydrogen) atoms. The largest absolute Gasteiger partial charge is 0.309 e. The Kier molecular flexibility index (Phi) is 3.09. The van der Waals surface area contributed by atoms with Gasteiger partial charge in [0, 0.05) is 11.9 Å². The molecule has 1 amide bonds. The number of rotatable bonds is 1. The van der Waals surface area contributed by atoms with E-state index in [4.69, 9.17) is 34.8 Å². The lowest BCUT2D eigenvalue weighted by atomic mass is 10.1. The maximum Gasteiger partial charge on any atom is 0.309 e. The first-order chi connectivity index (χ1) is 7.40. The van der Waals surface area contributed by atoms with Crippen LogP contribution in [0.3, 0.4) is 0 Å². The number of carbonyl (C=O) groups excluding carboxylic acids is 2. The van der Waals surface area contributed by atoms with Gasteiger partial charge >= 0.3 is 5.91 Å². The molecule has 1 aliphatic rings. The van der Waals surface area contributed by atoms with Crippen LogP contribution in [0.1, 0.15) is 10.4 Å². The van der Waals surface area contributed by atoms with E-state index in [1.165, 1.54) is 0 Å². The minimum absolute atomic E-state index is 0.328. The summed E-state index contributed by atoms with van der Waals surface area (Å²) in [5.41, 5.74) is 0.781. The van der Waals surface area contributed by atoms with Crippen molar-refractivity contribution in [3.8, 4) is 0 Å². The van der Waals surface area contributed by atoms with Crippen LogP contribution in [0, 0.1) is 0 Å². The maximum atomic E-state index is 11.6. The minimum Gasteiger partial charge on any atom is -0.283 e. The Morgan fingerprint density at radius 3 is 2.38 bits per heavy atom. The van der Waals surface area contributed by atoms with Gasteiger partial charge in [-0.25, -0.2) is 4.31 Å². The zero-order valence-electron chi connectivity index (χ0n) is 7.62. The van der Waals surface area contributed by atoms with Gasteiger partial charge < -0.3 is 0 Å². The highest BCUT2D eigenvalue weighted by molar-refractivity contribution is 8.06. The standard InChI is InChI=1S/C9H4Cl3NO2S/c10-9(11,12)16-13-6-4-2-1-3-5(6)7(14)8(13)15/h1-4H. The van der Waals surface area contributed by atoms with E-state index in [0.29, 0.717) is 23.2 Å². The van der Waals surface area contributed by atoms with Crippen LogP contribution in [0.25, 0.3) is 0 Å². The number of hydrogen-bond donors (Lipinski definition) is 0. The molecular formula is C9H4Cl3NO2S. The van der Waals surface area contributed by atoms with Gasteiger partial charge in [0.2, 0.25) is 0 Å². The van der Waals surface area contributed by atoms with Crippen LogP contribution in [0.5, 0.6) is 0 Å². The van der Waals surface area contributed by atoms with Crippen molar-refractivity contribution in [2.24, 2.45) is 0 Å². The summed E-state index contributed by atoms with van der Waals surface area (Å²) in [4.78, 5) is 23.2. The molecular weight excluding hydrogens is 293 g/mol. The van der Waals surface area contributed by atoms with Gasteiger partial charge in [-0.1, -0.05) is 46.9 Å². The van der Waals surface area contributed by atoms with Crippen molar-refractivity contribution in [1.29, 1.82) is 0 Å². The molecule has 0 saturated carbocycles. The third-order valence-electron chi connectivity index (χ3n) is 1.94. The van der Waals surface area contributed by atoms with Crippen LogP contribution >= 0.6 is 46.8 Å². The zero-order valence-corrected chi connectivity index (χ0v) is 10.7. The predicted molar refractivity (Wildman–Crippen MR) is 66.1 cm³/mol. The summed E-state index contributed by atoms with van der Waals surface area (Å²) in [5.74, 6) is -1.28. The molecule has 0 bridgehead atoms. The van der Waals surface area contributed by atoms with Crippen molar-refractivity contribution in [3.05, 3.63) is 29.8 Å². The maximum absolute atomic E-state index is 11.6. The highest BCUT2D eigenvalue weighted by Gasteiger charge is 2.40. The summed E-state index contributed by atoms with van der Waals surface area (Å²) < 4.78 is -0.585. The third-order valence-corrected chi connectivity index (χ3v) is 3.31. The smallest absolute Gasteiger partial charge is 0.283 e. The number of para-hydroxylation sites is 1. The lowest BCUT2D eigenvalue weighted by Gasteiger charge is -2.19. The van der Waals surface area contributed by atoms with E-state index in [0.717, 1.165) is 4.31 Å². The topological polar surface area (TPSA) is 37.4 Å². The molecule has 1 aliphatic heterocycles. The van der Waals surface area contributed by atoms with Crippen molar-refractivity contribution in [1.82, 2.24) is 0 Å². The Labute approximate surface area is 111 Å². The number of Topliss-reactive ketones (excluding diaryl/α,β-unsaturated/α-hetero) is 1. The zero-order chi connectivity index (χ0) is 11.9. The minimum atomic E-state index is -1.69. The van der Waals surface area contributed by atoms with Gasteiger partial charge in [-0.2, -0.15) is 0 Å².